The van der Waals surface area contributed by atoms with Crippen LogP contribution in [0, 0.1) is 0 Å². The van der Waals surface area contributed by atoms with E-state index in [0.717, 1.165) is 0 Å². The van der Waals surface area contributed by atoms with Gasteiger partial charge in [-0.15, -0.1) is 0 Å². The highest BCUT2D eigenvalue weighted by Gasteiger charge is 2.12. The number of benzene rings is 1. The maximum Gasteiger partial charge on any atom is 0.372 e. The molecule has 0 heterocycles. The van der Waals surface area contributed by atoms with Crippen molar-refractivity contribution < 1.29 is 14.7 Å². The lowest BCUT2D eigenvalue weighted by molar-refractivity contribution is -0.148. The number of nitrogens with two attached hydrogens (primary N) is 1. The summed E-state index contributed by atoms with van der Waals surface area (Å²) in [5.74, 6) is -2.28. The Kier molecular flexibility index (Phi) is 2.64. The number of ketones is 1. The van der Waals surface area contributed by atoms with Gasteiger partial charge in [-0.05, 0) is 11.6 Å². The molecule has 4 nitrogen and oxygen atoms in total. The highest BCUT2D eigenvalue weighted by molar-refractivity contribution is 6.33. The van der Waals surface area contributed by atoms with E-state index in [1.54, 1.807) is 24.3 Å². The molecule has 0 unspecified atom stereocenters. The molecule has 68 valence electrons. The van der Waals surface area contributed by atoms with Crippen LogP contribution in [0.4, 0.5) is 5.69 Å². The van der Waals surface area contributed by atoms with Crippen LogP contribution in [0.5, 0.6) is 0 Å². The maximum atomic E-state index is 10.8. The van der Waals surface area contributed by atoms with Crippen molar-refractivity contribution >= 4 is 17.4 Å². The van der Waals surface area contributed by atoms with E-state index in [1.807, 2.05) is 0 Å². The molecule has 0 amide bonds. The summed E-state index contributed by atoms with van der Waals surface area (Å²) in [7, 11) is 0. The lowest BCUT2D eigenvalue weighted by atomic mass is 10.1. The largest absolute Gasteiger partial charge is 0.475 e. The first-order valence-corrected chi connectivity index (χ1v) is 3.70. The maximum absolute atomic E-state index is 10.8. The van der Waals surface area contributed by atoms with Crippen LogP contribution in [0.3, 0.4) is 0 Å². The van der Waals surface area contributed by atoms with Gasteiger partial charge in [0.1, 0.15) is 0 Å². The van der Waals surface area contributed by atoms with Crippen LogP contribution in [0.2, 0.25) is 0 Å². The van der Waals surface area contributed by atoms with Gasteiger partial charge >= 0.3 is 5.97 Å². The number of carboxylic acid groups (broad SMARTS) is 1. The Balaban J connectivity index is 2.81. The lowest BCUT2D eigenvalue weighted by Crippen LogP contribution is -2.15. The molecule has 0 aliphatic carbocycles. The van der Waals surface area contributed by atoms with Gasteiger partial charge in [0.25, 0.3) is 0 Å². The van der Waals surface area contributed by atoms with Crippen LogP contribution < -0.4 is 5.73 Å². The zero-order valence-corrected chi connectivity index (χ0v) is 6.86. The summed E-state index contributed by atoms with van der Waals surface area (Å²) in [6.45, 7) is 0. The fourth-order valence-electron chi connectivity index (χ4n) is 0.944. The molecule has 0 aliphatic rings. The topological polar surface area (TPSA) is 80.4 Å². The standard InChI is InChI=1S/C9H9NO3/c10-7-4-2-1-3-6(7)5-8(11)9(12)13/h1-4H,5,10H2,(H,12,13). The summed E-state index contributed by atoms with van der Waals surface area (Å²) in [4.78, 5) is 21.0. The van der Waals surface area contributed by atoms with Crippen molar-refractivity contribution in [3.8, 4) is 0 Å². The van der Waals surface area contributed by atoms with Gasteiger partial charge in [0, 0.05) is 12.1 Å². The number of Topliss-reactive ketones (excluding diaryl/α,β-unsaturated/α-hetero) is 1. The average molecular weight is 179 g/mol. The molecular formula is C9H9NO3. The van der Waals surface area contributed by atoms with Gasteiger partial charge in [-0.3, -0.25) is 4.79 Å². The van der Waals surface area contributed by atoms with Crippen LogP contribution in [-0.4, -0.2) is 16.9 Å². The fourth-order valence-corrected chi connectivity index (χ4v) is 0.944. The summed E-state index contributed by atoms with van der Waals surface area (Å²) in [6.07, 6.45) is -0.151. The third-order valence-electron chi connectivity index (χ3n) is 1.64. The summed E-state index contributed by atoms with van der Waals surface area (Å²) in [5.41, 5.74) is 6.52. The van der Waals surface area contributed by atoms with Gasteiger partial charge in [0.2, 0.25) is 5.78 Å². The van der Waals surface area contributed by atoms with Crippen molar-refractivity contribution in [2.45, 2.75) is 6.42 Å². The van der Waals surface area contributed by atoms with E-state index in [-0.39, 0.29) is 6.42 Å². The number of para-hydroxylation sites is 1. The second-order valence-corrected chi connectivity index (χ2v) is 2.60. The molecule has 4 heteroatoms. The SMILES string of the molecule is Nc1ccccc1CC(=O)C(=O)O. The number of carbonyl (C=O) groups is 2. The molecule has 13 heavy (non-hydrogen) atoms. The quantitative estimate of drug-likeness (QED) is 0.522. The Bertz CT molecular complexity index is 346. The Morgan fingerprint density at radius 1 is 1.31 bits per heavy atom. The van der Waals surface area contributed by atoms with Crippen molar-refractivity contribution in [3.05, 3.63) is 29.8 Å². The van der Waals surface area contributed by atoms with Gasteiger partial charge in [0.05, 0.1) is 0 Å². The first-order valence-electron chi connectivity index (χ1n) is 3.70. The first-order chi connectivity index (χ1) is 6.11. The van der Waals surface area contributed by atoms with Crippen molar-refractivity contribution in [3.63, 3.8) is 0 Å². The van der Waals surface area contributed by atoms with Crippen LogP contribution in [-0.2, 0) is 16.0 Å². The molecule has 0 spiro atoms. The highest BCUT2D eigenvalue weighted by atomic mass is 16.4. The predicted molar refractivity (Wildman–Crippen MR) is 47.2 cm³/mol. The molecule has 0 aliphatic heterocycles. The monoisotopic (exact) mass is 179 g/mol. The minimum absolute atomic E-state index is 0.151. The van der Waals surface area contributed by atoms with E-state index in [4.69, 9.17) is 10.8 Å². The zero-order chi connectivity index (χ0) is 9.84. The van der Waals surface area contributed by atoms with Gasteiger partial charge in [-0.25, -0.2) is 4.79 Å². The molecule has 0 fully saturated rings. The van der Waals surface area contributed by atoms with Crippen LogP contribution in [0.25, 0.3) is 0 Å². The number of hydrogen-bond acceptors (Lipinski definition) is 3. The minimum Gasteiger partial charge on any atom is -0.475 e. The smallest absolute Gasteiger partial charge is 0.372 e. The number of carboxylic acids is 1. The van der Waals surface area contributed by atoms with E-state index >= 15 is 0 Å². The Labute approximate surface area is 75.0 Å². The van der Waals surface area contributed by atoms with E-state index in [0.29, 0.717) is 11.3 Å². The molecule has 1 aromatic rings. The van der Waals surface area contributed by atoms with Gasteiger partial charge in [-0.2, -0.15) is 0 Å². The summed E-state index contributed by atoms with van der Waals surface area (Å²) < 4.78 is 0. The second-order valence-electron chi connectivity index (χ2n) is 2.60. The molecule has 1 aromatic carbocycles. The van der Waals surface area contributed by atoms with E-state index in [9.17, 15) is 9.59 Å². The number of carbonyl (C=O) groups excluding carboxylic acids is 1. The lowest BCUT2D eigenvalue weighted by Gasteiger charge is -2.01. The Morgan fingerprint density at radius 3 is 2.46 bits per heavy atom. The Hall–Kier alpha value is -1.84. The van der Waals surface area contributed by atoms with E-state index < -0.39 is 11.8 Å². The molecule has 0 saturated heterocycles. The van der Waals surface area contributed by atoms with Gasteiger partial charge in [-0.1, -0.05) is 18.2 Å². The summed E-state index contributed by atoms with van der Waals surface area (Å²) in [5, 5.41) is 8.34. The molecule has 1 rings (SSSR count). The van der Waals surface area contributed by atoms with Crippen molar-refractivity contribution in [2.24, 2.45) is 0 Å². The van der Waals surface area contributed by atoms with Gasteiger partial charge in [0.15, 0.2) is 0 Å². The molecule has 0 saturated carbocycles. The summed E-state index contributed by atoms with van der Waals surface area (Å²) in [6, 6.07) is 6.70. The third kappa shape index (κ3) is 2.30. The molecule has 3 N–H and O–H groups in total. The molecular weight excluding hydrogens is 170 g/mol. The number of rotatable bonds is 3. The number of nitrogen functional groups attached to an aromatic ring is 1. The number of hydrogen-bond donors (Lipinski definition) is 2. The third-order valence-corrected chi connectivity index (χ3v) is 1.64. The zero-order valence-electron chi connectivity index (χ0n) is 6.86. The van der Waals surface area contributed by atoms with E-state index in [2.05, 4.69) is 0 Å². The fraction of sp³-hybridized carbons (Fsp3) is 0.111. The highest BCUT2D eigenvalue weighted by Crippen LogP contribution is 2.11. The van der Waals surface area contributed by atoms with Crippen molar-refractivity contribution in [1.82, 2.24) is 0 Å². The molecule has 0 atom stereocenters. The normalized spacial score (nSPS) is 9.54. The van der Waals surface area contributed by atoms with E-state index in [1.165, 1.54) is 0 Å². The first kappa shape index (κ1) is 9.25. The van der Waals surface area contributed by atoms with Crippen molar-refractivity contribution in [1.29, 1.82) is 0 Å². The van der Waals surface area contributed by atoms with Crippen LogP contribution >= 0.6 is 0 Å². The molecule has 0 radical (unpaired) electrons. The minimum atomic E-state index is -1.43. The van der Waals surface area contributed by atoms with Crippen LogP contribution in [0.1, 0.15) is 5.56 Å². The van der Waals surface area contributed by atoms with Gasteiger partial charge < -0.3 is 10.8 Å². The molecule has 0 bridgehead atoms. The summed E-state index contributed by atoms with van der Waals surface area (Å²) >= 11 is 0. The van der Waals surface area contributed by atoms with Crippen molar-refractivity contribution in [2.75, 3.05) is 5.73 Å². The number of anilines is 1. The predicted octanol–water partition coefficient (Wildman–Crippen LogP) is 0.465. The Morgan fingerprint density at radius 2 is 1.92 bits per heavy atom. The number of aliphatic carboxylic acids is 1. The average Bonchev–Trinajstić information content (AvgIpc) is 2.08. The van der Waals surface area contributed by atoms with Crippen LogP contribution in [0.15, 0.2) is 24.3 Å². The second kappa shape index (κ2) is 3.71. The molecule has 0 aromatic heterocycles.